The van der Waals surface area contributed by atoms with Crippen molar-refractivity contribution in [3.8, 4) is 11.3 Å². The molecule has 0 atom stereocenters. The highest BCUT2D eigenvalue weighted by atomic mass is 16.4. The van der Waals surface area contributed by atoms with Crippen molar-refractivity contribution in [2.45, 2.75) is 20.3 Å². The van der Waals surface area contributed by atoms with Crippen molar-refractivity contribution < 1.29 is 19.1 Å². The van der Waals surface area contributed by atoms with E-state index >= 15 is 0 Å². The molecule has 1 aromatic carbocycles. The largest absolute Gasteiger partial charge is 0.481 e. The second kappa shape index (κ2) is 5.78. The summed E-state index contributed by atoms with van der Waals surface area (Å²) < 4.78 is 5.19. The molecule has 0 saturated carbocycles. The normalized spacial score (nSPS) is 11.1. The maximum Gasteiger partial charge on any atom is 0.309 e. The monoisotopic (exact) mass is 288 g/mol. The van der Waals surface area contributed by atoms with Gasteiger partial charge in [0.25, 0.3) is 0 Å². The average Bonchev–Trinajstić information content (AvgIpc) is 2.91. The Bertz CT molecular complexity index is 647. The Labute approximate surface area is 121 Å². The van der Waals surface area contributed by atoms with Gasteiger partial charge in [-0.3, -0.25) is 9.59 Å². The van der Waals surface area contributed by atoms with E-state index in [1.54, 1.807) is 24.4 Å². The van der Waals surface area contributed by atoms with Gasteiger partial charge in [0.2, 0.25) is 5.91 Å². The number of carbonyl (C=O) groups excluding carboxylic acids is 1. The minimum Gasteiger partial charge on any atom is -0.481 e. The molecule has 0 aliphatic carbocycles. The summed E-state index contributed by atoms with van der Waals surface area (Å²) in [6.45, 7) is 3.03. The Kier molecular flexibility index (Phi) is 4.07. The molecule has 2 rings (SSSR count). The van der Waals surface area contributed by atoms with E-state index < -0.39 is 11.4 Å². The van der Waals surface area contributed by atoms with Crippen molar-refractivity contribution in [1.82, 2.24) is 4.98 Å². The molecule has 1 aromatic heterocycles. The average molecular weight is 288 g/mol. The summed E-state index contributed by atoms with van der Waals surface area (Å²) in [4.78, 5) is 26.8. The van der Waals surface area contributed by atoms with Crippen LogP contribution >= 0.6 is 0 Å². The maximum atomic E-state index is 11.9. The second-order valence-corrected chi connectivity index (χ2v) is 5.36. The smallest absolute Gasteiger partial charge is 0.309 e. The number of benzene rings is 1. The summed E-state index contributed by atoms with van der Waals surface area (Å²) in [6, 6.07) is 7.07. The first-order valence-electron chi connectivity index (χ1n) is 6.41. The quantitative estimate of drug-likeness (QED) is 0.882. The third-order valence-electron chi connectivity index (χ3n) is 3.04. The summed E-state index contributed by atoms with van der Waals surface area (Å²) in [6.07, 6.45) is 2.80. The van der Waals surface area contributed by atoms with Gasteiger partial charge < -0.3 is 14.8 Å². The molecule has 2 N–H and O–H groups in total. The SMILES string of the molecule is CC(C)(CC(=O)Nc1cccc(-c2cnco2)c1)C(=O)O. The predicted molar refractivity (Wildman–Crippen MR) is 76.6 cm³/mol. The summed E-state index contributed by atoms with van der Waals surface area (Å²) >= 11 is 0. The first-order chi connectivity index (χ1) is 9.88. The number of oxazole rings is 1. The molecule has 0 saturated heterocycles. The van der Waals surface area contributed by atoms with Crippen molar-refractivity contribution in [2.75, 3.05) is 5.32 Å². The van der Waals surface area contributed by atoms with E-state index in [0.717, 1.165) is 5.56 Å². The number of carbonyl (C=O) groups is 2. The van der Waals surface area contributed by atoms with Gasteiger partial charge in [0.1, 0.15) is 0 Å². The molecule has 21 heavy (non-hydrogen) atoms. The minimum atomic E-state index is -1.10. The molecule has 2 aromatic rings. The Morgan fingerprint density at radius 3 is 2.76 bits per heavy atom. The fraction of sp³-hybridized carbons (Fsp3) is 0.267. The Hall–Kier alpha value is -2.63. The third-order valence-corrected chi connectivity index (χ3v) is 3.04. The first-order valence-corrected chi connectivity index (χ1v) is 6.41. The van der Waals surface area contributed by atoms with E-state index in [0.29, 0.717) is 11.4 Å². The Morgan fingerprint density at radius 1 is 1.38 bits per heavy atom. The molecule has 110 valence electrons. The number of hydrogen-bond donors (Lipinski definition) is 2. The van der Waals surface area contributed by atoms with Crippen molar-refractivity contribution in [2.24, 2.45) is 5.41 Å². The van der Waals surface area contributed by atoms with Crippen LogP contribution in [0, 0.1) is 5.41 Å². The van der Waals surface area contributed by atoms with Crippen LogP contribution in [0.4, 0.5) is 5.69 Å². The molecule has 1 heterocycles. The molecule has 0 bridgehead atoms. The van der Waals surface area contributed by atoms with Crippen LogP contribution in [-0.2, 0) is 9.59 Å². The number of hydrogen-bond acceptors (Lipinski definition) is 4. The number of nitrogens with one attached hydrogen (secondary N) is 1. The number of aliphatic carboxylic acids is 1. The number of aromatic nitrogens is 1. The second-order valence-electron chi connectivity index (χ2n) is 5.36. The first kappa shape index (κ1) is 14.8. The maximum absolute atomic E-state index is 11.9. The van der Waals surface area contributed by atoms with Crippen LogP contribution in [0.5, 0.6) is 0 Å². The van der Waals surface area contributed by atoms with Gasteiger partial charge in [0.15, 0.2) is 12.2 Å². The molecule has 0 spiro atoms. The minimum absolute atomic E-state index is 0.102. The lowest BCUT2D eigenvalue weighted by atomic mass is 9.89. The van der Waals surface area contributed by atoms with Gasteiger partial charge >= 0.3 is 5.97 Å². The molecular formula is C15H16N2O4. The van der Waals surface area contributed by atoms with E-state index in [2.05, 4.69) is 10.3 Å². The standard InChI is InChI=1S/C15H16N2O4/c1-15(2,14(19)20)7-13(18)17-11-5-3-4-10(6-11)12-8-16-9-21-12/h3-6,8-9H,7H2,1-2H3,(H,17,18)(H,19,20). The molecule has 6 nitrogen and oxygen atoms in total. The number of carboxylic acid groups (broad SMARTS) is 1. The number of anilines is 1. The lowest BCUT2D eigenvalue weighted by molar-refractivity contribution is -0.148. The van der Waals surface area contributed by atoms with Crippen LogP contribution in [0.1, 0.15) is 20.3 Å². The predicted octanol–water partition coefficient (Wildman–Crippen LogP) is 2.78. The fourth-order valence-corrected chi connectivity index (χ4v) is 1.79. The van der Waals surface area contributed by atoms with Crippen molar-refractivity contribution in [1.29, 1.82) is 0 Å². The number of nitrogens with zero attached hydrogens (tertiary/aromatic N) is 1. The molecule has 1 amide bonds. The van der Waals surface area contributed by atoms with Crippen LogP contribution in [0.15, 0.2) is 41.3 Å². The van der Waals surface area contributed by atoms with Crippen molar-refractivity contribution in [3.05, 3.63) is 36.9 Å². The molecule has 6 heteroatoms. The van der Waals surface area contributed by atoms with Gasteiger partial charge in [-0.05, 0) is 26.0 Å². The van der Waals surface area contributed by atoms with Crippen molar-refractivity contribution in [3.63, 3.8) is 0 Å². The van der Waals surface area contributed by atoms with E-state index in [1.165, 1.54) is 20.2 Å². The molecule has 0 unspecified atom stereocenters. The topological polar surface area (TPSA) is 92.4 Å². The molecule has 0 aliphatic heterocycles. The zero-order valence-corrected chi connectivity index (χ0v) is 11.8. The molecule has 0 radical (unpaired) electrons. The number of carboxylic acids is 1. The molecule has 0 aliphatic rings. The Morgan fingerprint density at radius 2 is 2.14 bits per heavy atom. The van der Waals surface area contributed by atoms with Gasteiger partial charge in [-0.2, -0.15) is 0 Å². The number of amides is 1. The van der Waals surface area contributed by atoms with Crippen LogP contribution in [-0.4, -0.2) is 22.0 Å². The zero-order valence-electron chi connectivity index (χ0n) is 11.8. The van der Waals surface area contributed by atoms with Crippen LogP contribution in [0.2, 0.25) is 0 Å². The lowest BCUT2D eigenvalue weighted by Gasteiger charge is -2.18. The van der Waals surface area contributed by atoms with Gasteiger partial charge in [-0.1, -0.05) is 12.1 Å². The van der Waals surface area contributed by atoms with Crippen LogP contribution in [0.25, 0.3) is 11.3 Å². The van der Waals surface area contributed by atoms with E-state index in [1.807, 2.05) is 6.07 Å². The van der Waals surface area contributed by atoms with E-state index in [4.69, 9.17) is 9.52 Å². The van der Waals surface area contributed by atoms with Gasteiger partial charge in [-0.25, -0.2) is 4.98 Å². The van der Waals surface area contributed by atoms with E-state index in [9.17, 15) is 9.59 Å². The highest BCUT2D eigenvalue weighted by Crippen LogP contribution is 2.24. The van der Waals surface area contributed by atoms with Gasteiger partial charge in [0, 0.05) is 17.7 Å². The number of rotatable bonds is 5. The Balaban J connectivity index is 2.08. The highest BCUT2D eigenvalue weighted by molar-refractivity contribution is 5.94. The summed E-state index contributed by atoms with van der Waals surface area (Å²) in [5.74, 6) is -0.762. The summed E-state index contributed by atoms with van der Waals surface area (Å²) in [5, 5.41) is 11.7. The van der Waals surface area contributed by atoms with Gasteiger partial charge in [0.05, 0.1) is 11.6 Å². The molecular weight excluding hydrogens is 272 g/mol. The third kappa shape index (κ3) is 3.68. The zero-order chi connectivity index (χ0) is 15.5. The lowest BCUT2D eigenvalue weighted by Crippen LogP contribution is -2.29. The highest BCUT2D eigenvalue weighted by Gasteiger charge is 2.30. The van der Waals surface area contributed by atoms with Gasteiger partial charge in [-0.15, -0.1) is 0 Å². The fourth-order valence-electron chi connectivity index (χ4n) is 1.79. The van der Waals surface area contributed by atoms with Crippen LogP contribution in [0.3, 0.4) is 0 Å². The summed E-state index contributed by atoms with van der Waals surface area (Å²) in [5.41, 5.74) is 0.255. The van der Waals surface area contributed by atoms with Crippen molar-refractivity contribution >= 4 is 17.6 Å². The van der Waals surface area contributed by atoms with E-state index in [-0.39, 0.29) is 12.3 Å². The van der Waals surface area contributed by atoms with Crippen LogP contribution < -0.4 is 5.32 Å². The summed E-state index contributed by atoms with van der Waals surface area (Å²) in [7, 11) is 0. The molecule has 0 fully saturated rings.